The molecular weight excluding hydrogens is 234 g/mol. The van der Waals surface area contributed by atoms with Gasteiger partial charge >= 0.3 is 0 Å². The average Bonchev–Trinajstić information content (AvgIpc) is 2.01. The summed E-state index contributed by atoms with van der Waals surface area (Å²) in [5, 5.41) is 1.10. The van der Waals surface area contributed by atoms with Gasteiger partial charge < -0.3 is 0 Å². The second kappa shape index (κ2) is 4.87. The molecule has 1 aromatic heterocycles. The Morgan fingerprint density at radius 3 is 2.83 bits per heavy atom. The summed E-state index contributed by atoms with van der Waals surface area (Å²) in [6.45, 7) is 4.43. The van der Waals surface area contributed by atoms with Crippen LogP contribution in [0.25, 0.3) is 0 Å². The highest BCUT2D eigenvalue weighted by molar-refractivity contribution is 9.10. The fraction of sp³-hybridized carbons (Fsp3) is 0.444. The molecule has 0 spiro atoms. The Hall–Kier alpha value is -0.0200. The molecule has 66 valence electrons. The van der Waals surface area contributed by atoms with Gasteiger partial charge in [-0.3, -0.25) is 0 Å². The summed E-state index contributed by atoms with van der Waals surface area (Å²) in [5.41, 5.74) is 0. The van der Waals surface area contributed by atoms with E-state index in [0.717, 1.165) is 21.3 Å². The maximum Gasteiger partial charge on any atom is 0.107 e. The highest BCUT2D eigenvalue weighted by Crippen LogP contribution is 2.19. The molecule has 0 aliphatic carbocycles. The first kappa shape index (κ1) is 10.1. The van der Waals surface area contributed by atoms with E-state index < -0.39 is 0 Å². The third-order valence-electron chi connectivity index (χ3n) is 1.25. The van der Waals surface area contributed by atoms with Crippen molar-refractivity contribution in [1.82, 2.24) is 4.98 Å². The van der Waals surface area contributed by atoms with E-state index in [4.69, 9.17) is 0 Å². The average molecular weight is 246 g/mol. The SMILES string of the molecule is CC(C)CSc1cccc(Br)n1. The molecule has 0 saturated heterocycles. The first-order valence-corrected chi connectivity index (χ1v) is 5.71. The molecule has 0 amide bonds. The standard InChI is InChI=1S/C9H12BrNS/c1-7(2)6-12-9-5-3-4-8(10)11-9/h3-5,7H,6H2,1-2H3. The summed E-state index contributed by atoms with van der Waals surface area (Å²) >= 11 is 5.15. The molecule has 0 atom stereocenters. The molecule has 1 nitrogen and oxygen atoms in total. The predicted octanol–water partition coefficient (Wildman–Crippen LogP) is 3.59. The molecule has 0 aliphatic rings. The number of hydrogen-bond donors (Lipinski definition) is 0. The summed E-state index contributed by atoms with van der Waals surface area (Å²) in [4.78, 5) is 4.32. The Bertz CT molecular complexity index is 250. The van der Waals surface area contributed by atoms with Crippen LogP contribution in [0.15, 0.2) is 27.8 Å². The molecule has 1 rings (SSSR count). The van der Waals surface area contributed by atoms with Crippen molar-refractivity contribution in [1.29, 1.82) is 0 Å². The summed E-state index contributed by atoms with van der Waals surface area (Å²) < 4.78 is 0.913. The van der Waals surface area contributed by atoms with Gasteiger partial charge in [0.25, 0.3) is 0 Å². The van der Waals surface area contributed by atoms with Gasteiger partial charge in [0.1, 0.15) is 4.60 Å². The maximum atomic E-state index is 4.32. The van der Waals surface area contributed by atoms with Crippen LogP contribution in [-0.2, 0) is 0 Å². The summed E-state index contributed by atoms with van der Waals surface area (Å²) in [7, 11) is 0. The van der Waals surface area contributed by atoms with Crippen LogP contribution in [0.4, 0.5) is 0 Å². The smallest absolute Gasteiger partial charge is 0.107 e. The lowest BCUT2D eigenvalue weighted by Gasteiger charge is -2.03. The summed E-state index contributed by atoms with van der Waals surface area (Å²) in [6, 6.07) is 6.00. The second-order valence-corrected chi connectivity index (χ2v) is 4.86. The monoisotopic (exact) mass is 245 g/mol. The Morgan fingerprint density at radius 2 is 2.25 bits per heavy atom. The zero-order valence-corrected chi connectivity index (χ0v) is 9.65. The summed E-state index contributed by atoms with van der Waals surface area (Å²) in [5.74, 6) is 1.85. The zero-order chi connectivity index (χ0) is 8.97. The Labute approximate surface area is 86.1 Å². The van der Waals surface area contributed by atoms with Crippen LogP contribution in [0.3, 0.4) is 0 Å². The van der Waals surface area contributed by atoms with Crippen LogP contribution < -0.4 is 0 Å². The maximum absolute atomic E-state index is 4.32. The van der Waals surface area contributed by atoms with Crippen LogP contribution in [-0.4, -0.2) is 10.7 Å². The third kappa shape index (κ3) is 3.59. The largest absolute Gasteiger partial charge is 0.235 e. The Kier molecular flexibility index (Phi) is 4.09. The van der Waals surface area contributed by atoms with Crippen molar-refractivity contribution < 1.29 is 0 Å². The van der Waals surface area contributed by atoms with Gasteiger partial charge in [-0.2, -0.15) is 0 Å². The van der Waals surface area contributed by atoms with Gasteiger partial charge in [-0.15, -0.1) is 11.8 Å². The molecule has 1 aromatic rings. The van der Waals surface area contributed by atoms with E-state index in [0.29, 0.717) is 0 Å². The molecule has 12 heavy (non-hydrogen) atoms. The van der Waals surface area contributed by atoms with Crippen molar-refractivity contribution in [3.05, 3.63) is 22.8 Å². The number of aromatic nitrogens is 1. The molecule has 0 bridgehead atoms. The van der Waals surface area contributed by atoms with Gasteiger partial charge in [-0.25, -0.2) is 4.98 Å². The van der Waals surface area contributed by atoms with E-state index in [1.807, 2.05) is 18.2 Å². The van der Waals surface area contributed by atoms with Crippen molar-refractivity contribution in [2.75, 3.05) is 5.75 Å². The highest BCUT2D eigenvalue weighted by Gasteiger charge is 1.98. The van der Waals surface area contributed by atoms with Crippen LogP contribution in [0.1, 0.15) is 13.8 Å². The zero-order valence-electron chi connectivity index (χ0n) is 7.25. The molecule has 3 heteroatoms. The lowest BCUT2D eigenvalue weighted by Crippen LogP contribution is -1.91. The van der Waals surface area contributed by atoms with Crippen LogP contribution in [0.5, 0.6) is 0 Å². The van der Waals surface area contributed by atoms with E-state index >= 15 is 0 Å². The van der Waals surface area contributed by atoms with Gasteiger partial charge in [0.05, 0.1) is 5.03 Å². The quantitative estimate of drug-likeness (QED) is 0.597. The normalized spacial score (nSPS) is 10.7. The van der Waals surface area contributed by atoms with Crippen molar-refractivity contribution in [2.24, 2.45) is 5.92 Å². The van der Waals surface area contributed by atoms with Crippen molar-refractivity contribution >= 4 is 27.7 Å². The Morgan fingerprint density at radius 1 is 1.50 bits per heavy atom. The number of hydrogen-bond acceptors (Lipinski definition) is 2. The first-order valence-electron chi connectivity index (χ1n) is 3.94. The van der Waals surface area contributed by atoms with E-state index in [1.54, 1.807) is 11.8 Å². The third-order valence-corrected chi connectivity index (χ3v) is 3.05. The molecule has 1 heterocycles. The van der Waals surface area contributed by atoms with Gasteiger partial charge in [-0.05, 0) is 34.0 Å². The molecule has 0 aromatic carbocycles. The number of rotatable bonds is 3. The highest BCUT2D eigenvalue weighted by atomic mass is 79.9. The molecule has 0 radical (unpaired) electrons. The van der Waals surface area contributed by atoms with Gasteiger partial charge in [0, 0.05) is 5.75 Å². The van der Waals surface area contributed by atoms with Crippen molar-refractivity contribution in [2.45, 2.75) is 18.9 Å². The van der Waals surface area contributed by atoms with Gasteiger partial charge in [-0.1, -0.05) is 19.9 Å². The first-order chi connectivity index (χ1) is 5.68. The van der Waals surface area contributed by atoms with Crippen LogP contribution in [0, 0.1) is 5.92 Å². The number of thioether (sulfide) groups is 1. The van der Waals surface area contributed by atoms with Gasteiger partial charge in [0.15, 0.2) is 0 Å². The van der Waals surface area contributed by atoms with Crippen LogP contribution in [0.2, 0.25) is 0 Å². The number of nitrogens with zero attached hydrogens (tertiary/aromatic N) is 1. The number of halogens is 1. The van der Waals surface area contributed by atoms with Crippen molar-refractivity contribution in [3.63, 3.8) is 0 Å². The van der Waals surface area contributed by atoms with Crippen LogP contribution >= 0.6 is 27.7 Å². The van der Waals surface area contributed by atoms with E-state index in [-0.39, 0.29) is 0 Å². The summed E-state index contributed by atoms with van der Waals surface area (Å²) in [6.07, 6.45) is 0. The lowest BCUT2D eigenvalue weighted by atomic mass is 10.3. The van der Waals surface area contributed by atoms with E-state index in [2.05, 4.69) is 34.8 Å². The minimum atomic E-state index is 0.718. The molecule has 0 unspecified atom stereocenters. The molecule has 0 aliphatic heterocycles. The minimum absolute atomic E-state index is 0.718. The molecule has 0 N–H and O–H groups in total. The van der Waals surface area contributed by atoms with Gasteiger partial charge in [0.2, 0.25) is 0 Å². The lowest BCUT2D eigenvalue weighted by molar-refractivity contribution is 0.749. The topological polar surface area (TPSA) is 12.9 Å². The fourth-order valence-corrected chi connectivity index (χ4v) is 2.02. The fourth-order valence-electron chi connectivity index (χ4n) is 0.722. The second-order valence-electron chi connectivity index (χ2n) is 3.00. The predicted molar refractivity (Wildman–Crippen MR) is 57.5 cm³/mol. The molecule has 0 saturated carbocycles. The number of pyridine rings is 1. The minimum Gasteiger partial charge on any atom is -0.235 e. The molecular formula is C9H12BrNS. The molecule has 0 fully saturated rings. The van der Waals surface area contributed by atoms with E-state index in [9.17, 15) is 0 Å². The van der Waals surface area contributed by atoms with E-state index in [1.165, 1.54) is 0 Å². The van der Waals surface area contributed by atoms with Crippen molar-refractivity contribution in [3.8, 4) is 0 Å². The Balaban J connectivity index is 2.52.